The van der Waals surface area contributed by atoms with Crippen LogP contribution in [0.5, 0.6) is 0 Å². The van der Waals surface area contributed by atoms with Crippen LogP contribution >= 0.6 is 0 Å². The van der Waals surface area contributed by atoms with Crippen molar-refractivity contribution in [2.24, 2.45) is 11.8 Å². The summed E-state index contributed by atoms with van der Waals surface area (Å²) in [5.74, 6) is 0.119. The fourth-order valence-corrected chi connectivity index (χ4v) is 2.58. The molecule has 0 bridgehead atoms. The van der Waals surface area contributed by atoms with Crippen LogP contribution in [-0.4, -0.2) is 11.6 Å². The second-order valence-electron chi connectivity index (χ2n) is 4.62. The first-order valence-electron chi connectivity index (χ1n) is 5.71. The first kappa shape index (κ1) is 11.1. The maximum atomic E-state index is 11.7. The van der Waals surface area contributed by atoms with Gasteiger partial charge in [0.05, 0.1) is 6.42 Å². The van der Waals surface area contributed by atoms with Gasteiger partial charge in [0.25, 0.3) is 0 Å². The maximum Gasteiger partial charge on any atom is 0.143 e. The highest BCUT2D eigenvalue weighted by Gasteiger charge is 2.39. The third kappa shape index (κ3) is 1.80. The van der Waals surface area contributed by atoms with Crippen LogP contribution in [0.15, 0.2) is 30.3 Å². The van der Waals surface area contributed by atoms with Crippen molar-refractivity contribution in [1.29, 1.82) is 0 Å². The number of hydrogen-bond donors (Lipinski definition) is 0. The smallest absolute Gasteiger partial charge is 0.143 e. The summed E-state index contributed by atoms with van der Waals surface area (Å²) in [6.45, 7) is 3.87. The zero-order valence-corrected chi connectivity index (χ0v) is 9.64. The van der Waals surface area contributed by atoms with E-state index in [1.165, 1.54) is 0 Å². The number of ketones is 2. The summed E-state index contributed by atoms with van der Waals surface area (Å²) in [5.41, 5.74) is 1.10. The van der Waals surface area contributed by atoms with E-state index in [-0.39, 0.29) is 35.7 Å². The van der Waals surface area contributed by atoms with Crippen LogP contribution in [0.4, 0.5) is 0 Å². The summed E-state index contributed by atoms with van der Waals surface area (Å²) in [6, 6.07) is 9.87. The second kappa shape index (κ2) is 4.20. The molecule has 0 radical (unpaired) electrons. The summed E-state index contributed by atoms with van der Waals surface area (Å²) in [5, 5.41) is 0. The molecule has 1 aliphatic rings. The molecule has 84 valence electrons. The minimum Gasteiger partial charge on any atom is -0.299 e. The van der Waals surface area contributed by atoms with Crippen LogP contribution < -0.4 is 0 Å². The van der Waals surface area contributed by atoms with Crippen molar-refractivity contribution in [3.8, 4) is 0 Å². The van der Waals surface area contributed by atoms with Gasteiger partial charge in [-0.05, 0) is 5.56 Å². The van der Waals surface area contributed by atoms with Crippen molar-refractivity contribution in [2.45, 2.75) is 26.2 Å². The molecule has 0 heterocycles. The molecule has 0 N–H and O–H groups in total. The highest BCUT2D eigenvalue weighted by molar-refractivity contribution is 6.04. The third-order valence-electron chi connectivity index (χ3n) is 3.63. The molecule has 1 saturated carbocycles. The fourth-order valence-electron chi connectivity index (χ4n) is 2.58. The molecule has 0 aliphatic heterocycles. The van der Waals surface area contributed by atoms with E-state index in [2.05, 4.69) is 0 Å². The lowest BCUT2D eigenvalue weighted by atomic mass is 9.69. The van der Waals surface area contributed by atoms with Crippen LogP contribution in [0.3, 0.4) is 0 Å². The molecule has 2 rings (SSSR count). The summed E-state index contributed by atoms with van der Waals surface area (Å²) in [7, 11) is 0. The van der Waals surface area contributed by atoms with Gasteiger partial charge in [-0.25, -0.2) is 0 Å². The SMILES string of the molecule is CC1C(=O)CC(=O)C(C)C1c1ccccc1. The Kier molecular flexibility index (Phi) is 2.90. The molecule has 16 heavy (non-hydrogen) atoms. The molecule has 0 saturated heterocycles. The van der Waals surface area contributed by atoms with Crippen molar-refractivity contribution in [1.82, 2.24) is 0 Å². The van der Waals surface area contributed by atoms with Crippen LogP contribution in [0, 0.1) is 11.8 Å². The monoisotopic (exact) mass is 216 g/mol. The number of carbonyl (C=O) groups is 2. The number of hydrogen-bond acceptors (Lipinski definition) is 2. The summed E-state index contributed by atoms with van der Waals surface area (Å²) >= 11 is 0. The van der Waals surface area contributed by atoms with E-state index in [0.717, 1.165) is 5.56 Å². The highest BCUT2D eigenvalue weighted by atomic mass is 16.1. The quantitative estimate of drug-likeness (QED) is 0.676. The van der Waals surface area contributed by atoms with Crippen LogP contribution in [0.25, 0.3) is 0 Å². The molecular weight excluding hydrogens is 200 g/mol. The number of rotatable bonds is 1. The molecular formula is C14H16O2. The van der Waals surface area contributed by atoms with E-state index in [4.69, 9.17) is 0 Å². The highest BCUT2D eigenvalue weighted by Crippen LogP contribution is 2.37. The fraction of sp³-hybridized carbons (Fsp3) is 0.429. The number of benzene rings is 1. The largest absolute Gasteiger partial charge is 0.299 e. The maximum absolute atomic E-state index is 11.7. The topological polar surface area (TPSA) is 34.1 Å². The molecule has 2 atom stereocenters. The second-order valence-corrected chi connectivity index (χ2v) is 4.62. The summed E-state index contributed by atoms with van der Waals surface area (Å²) < 4.78 is 0. The van der Waals surface area contributed by atoms with Crippen molar-refractivity contribution >= 4 is 11.6 Å². The predicted molar refractivity (Wildman–Crippen MR) is 62.1 cm³/mol. The lowest BCUT2D eigenvalue weighted by molar-refractivity contribution is -0.136. The molecule has 2 heteroatoms. The normalized spacial score (nSPS) is 30.5. The van der Waals surface area contributed by atoms with Gasteiger partial charge in [-0.2, -0.15) is 0 Å². The van der Waals surface area contributed by atoms with E-state index in [1.54, 1.807) is 0 Å². The van der Waals surface area contributed by atoms with Crippen molar-refractivity contribution in [3.63, 3.8) is 0 Å². The average Bonchev–Trinajstić information content (AvgIpc) is 2.28. The van der Waals surface area contributed by atoms with Gasteiger partial charge >= 0.3 is 0 Å². The van der Waals surface area contributed by atoms with E-state index in [0.29, 0.717) is 0 Å². The Balaban J connectivity index is 2.37. The van der Waals surface area contributed by atoms with E-state index in [1.807, 2.05) is 44.2 Å². The van der Waals surface area contributed by atoms with Crippen molar-refractivity contribution in [2.75, 3.05) is 0 Å². The van der Waals surface area contributed by atoms with Crippen molar-refractivity contribution in [3.05, 3.63) is 35.9 Å². The van der Waals surface area contributed by atoms with Crippen LogP contribution in [0.2, 0.25) is 0 Å². The Hall–Kier alpha value is -1.44. The third-order valence-corrected chi connectivity index (χ3v) is 3.63. The molecule has 1 aliphatic carbocycles. The molecule has 1 fully saturated rings. The molecule has 1 aromatic rings. The van der Waals surface area contributed by atoms with Gasteiger partial charge in [-0.1, -0.05) is 44.2 Å². The molecule has 0 amide bonds. The minimum absolute atomic E-state index is 0.0462. The summed E-state index contributed by atoms with van der Waals surface area (Å²) in [6.07, 6.45) is 0.117. The summed E-state index contributed by atoms with van der Waals surface area (Å²) in [4.78, 5) is 23.4. The lowest BCUT2D eigenvalue weighted by Gasteiger charge is -2.32. The average molecular weight is 216 g/mol. The van der Waals surface area contributed by atoms with Gasteiger partial charge in [0.2, 0.25) is 0 Å². The lowest BCUT2D eigenvalue weighted by Crippen LogP contribution is -2.36. The van der Waals surface area contributed by atoms with Crippen molar-refractivity contribution < 1.29 is 9.59 Å². The Morgan fingerprint density at radius 1 is 0.938 bits per heavy atom. The molecule has 2 unspecified atom stereocenters. The van der Waals surface area contributed by atoms with Gasteiger partial charge in [0, 0.05) is 17.8 Å². The molecule has 2 nitrogen and oxygen atoms in total. The number of Topliss-reactive ketones (excluding diaryl/α,β-unsaturated/α-hetero) is 2. The van der Waals surface area contributed by atoms with Gasteiger partial charge in [0.1, 0.15) is 11.6 Å². The van der Waals surface area contributed by atoms with Gasteiger partial charge in [-0.15, -0.1) is 0 Å². The van der Waals surface area contributed by atoms with Gasteiger partial charge < -0.3 is 0 Å². The first-order chi connectivity index (χ1) is 7.61. The van der Waals surface area contributed by atoms with Gasteiger partial charge in [0.15, 0.2) is 0 Å². The Morgan fingerprint density at radius 2 is 1.44 bits per heavy atom. The van der Waals surface area contributed by atoms with E-state index >= 15 is 0 Å². The van der Waals surface area contributed by atoms with E-state index in [9.17, 15) is 9.59 Å². The Bertz CT molecular complexity index is 388. The number of carbonyl (C=O) groups excluding carboxylic acids is 2. The minimum atomic E-state index is -0.0462. The molecule has 1 aromatic carbocycles. The first-order valence-corrected chi connectivity index (χ1v) is 5.71. The zero-order chi connectivity index (χ0) is 11.7. The van der Waals surface area contributed by atoms with Crippen LogP contribution in [0.1, 0.15) is 31.7 Å². The standard InChI is InChI=1S/C14H16O2/c1-9-12(15)8-13(16)10(2)14(9)11-6-4-3-5-7-11/h3-7,9-10,14H,8H2,1-2H3. The molecule has 0 aromatic heterocycles. The van der Waals surface area contributed by atoms with Gasteiger partial charge in [-0.3, -0.25) is 9.59 Å². The Labute approximate surface area is 95.7 Å². The van der Waals surface area contributed by atoms with E-state index < -0.39 is 0 Å². The predicted octanol–water partition coefficient (Wildman–Crippen LogP) is 2.58. The Morgan fingerprint density at radius 3 is 1.94 bits per heavy atom. The zero-order valence-electron chi connectivity index (χ0n) is 9.64. The van der Waals surface area contributed by atoms with Crippen LogP contribution in [-0.2, 0) is 9.59 Å². The molecule has 0 spiro atoms.